The molecule has 0 aliphatic carbocycles. The molecule has 106 valence electrons. The summed E-state index contributed by atoms with van der Waals surface area (Å²) in [6, 6.07) is 5.94. The third-order valence-electron chi connectivity index (χ3n) is 2.91. The van der Waals surface area contributed by atoms with Crippen LogP contribution in [-0.2, 0) is 9.53 Å². The smallest absolute Gasteiger partial charge is 0.221 e. The minimum absolute atomic E-state index is 0.0120. The molecule has 1 atom stereocenters. The zero-order valence-electron chi connectivity index (χ0n) is 12.2. The Morgan fingerprint density at radius 2 is 2.11 bits per heavy atom. The van der Waals surface area contributed by atoms with E-state index >= 15 is 0 Å². The summed E-state index contributed by atoms with van der Waals surface area (Å²) in [5, 5.41) is 2.70. The first kappa shape index (κ1) is 15.5. The summed E-state index contributed by atoms with van der Waals surface area (Å²) in [5.74, 6) is 0.832. The number of hydrogen-bond donors (Lipinski definition) is 1. The Balaban J connectivity index is 2.69. The van der Waals surface area contributed by atoms with Gasteiger partial charge in [-0.05, 0) is 32.4 Å². The molecule has 19 heavy (non-hydrogen) atoms. The molecule has 4 nitrogen and oxygen atoms in total. The molecule has 0 fully saturated rings. The van der Waals surface area contributed by atoms with Crippen molar-refractivity contribution in [3.63, 3.8) is 0 Å². The summed E-state index contributed by atoms with van der Waals surface area (Å²) < 4.78 is 11.3. The molecule has 0 saturated heterocycles. The number of aryl methyl sites for hydroxylation is 1. The van der Waals surface area contributed by atoms with E-state index in [0.717, 1.165) is 16.9 Å². The van der Waals surface area contributed by atoms with Crippen molar-refractivity contribution in [3.8, 4) is 5.75 Å². The van der Waals surface area contributed by atoms with E-state index in [4.69, 9.17) is 9.47 Å². The van der Waals surface area contributed by atoms with Gasteiger partial charge in [0.15, 0.2) is 0 Å². The van der Waals surface area contributed by atoms with Crippen molar-refractivity contribution in [3.05, 3.63) is 29.3 Å². The number of carbonyl (C=O) groups is 1. The first-order valence-electron chi connectivity index (χ1n) is 6.70. The van der Waals surface area contributed by atoms with E-state index in [1.807, 2.05) is 45.9 Å². The van der Waals surface area contributed by atoms with Crippen LogP contribution in [0.1, 0.15) is 44.4 Å². The van der Waals surface area contributed by atoms with Crippen molar-refractivity contribution in [2.75, 3.05) is 13.3 Å². The monoisotopic (exact) mass is 265 g/mol. The van der Waals surface area contributed by atoms with Gasteiger partial charge in [0.05, 0.1) is 12.7 Å². The highest BCUT2D eigenvalue weighted by Gasteiger charge is 2.15. The van der Waals surface area contributed by atoms with Crippen LogP contribution < -0.4 is 10.1 Å². The predicted octanol–water partition coefficient (Wildman–Crippen LogP) is 2.96. The molecule has 1 amide bonds. The Morgan fingerprint density at radius 3 is 2.74 bits per heavy atom. The molecule has 0 radical (unpaired) electrons. The third kappa shape index (κ3) is 4.56. The highest BCUT2D eigenvalue weighted by Crippen LogP contribution is 2.30. The maximum absolute atomic E-state index is 11.2. The summed E-state index contributed by atoms with van der Waals surface area (Å²) in [4.78, 5) is 11.2. The summed E-state index contributed by atoms with van der Waals surface area (Å²) in [7, 11) is 0. The molecule has 0 bridgehead atoms. The van der Waals surface area contributed by atoms with Crippen molar-refractivity contribution in [1.29, 1.82) is 0 Å². The zero-order valence-corrected chi connectivity index (χ0v) is 12.2. The van der Waals surface area contributed by atoms with Gasteiger partial charge in [0, 0.05) is 12.0 Å². The fourth-order valence-corrected chi connectivity index (χ4v) is 1.91. The summed E-state index contributed by atoms with van der Waals surface area (Å²) in [6.45, 7) is 8.60. The van der Waals surface area contributed by atoms with Gasteiger partial charge in [0.2, 0.25) is 5.91 Å². The number of ether oxygens (including phenoxy) is 2. The van der Waals surface area contributed by atoms with Gasteiger partial charge in [0.1, 0.15) is 12.5 Å². The number of amides is 1. The normalized spacial score (nSPS) is 12.0. The minimum Gasteiger partial charge on any atom is -0.493 e. The third-order valence-corrected chi connectivity index (χ3v) is 2.91. The topological polar surface area (TPSA) is 47.6 Å². The second-order valence-electron chi connectivity index (χ2n) is 4.33. The quantitative estimate of drug-likeness (QED) is 0.771. The molecule has 0 heterocycles. The lowest BCUT2D eigenvalue weighted by atomic mass is 10.0. The van der Waals surface area contributed by atoms with Gasteiger partial charge in [-0.2, -0.15) is 0 Å². The van der Waals surface area contributed by atoms with Crippen LogP contribution in [0.5, 0.6) is 5.75 Å². The van der Waals surface area contributed by atoms with E-state index in [0.29, 0.717) is 13.0 Å². The van der Waals surface area contributed by atoms with E-state index in [9.17, 15) is 4.79 Å². The average molecular weight is 265 g/mol. The van der Waals surface area contributed by atoms with Crippen LogP contribution in [0.25, 0.3) is 0 Å². The highest BCUT2D eigenvalue weighted by molar-refractivity contribution is 5.75. The van der Waals surface area contributed by atoms with Gasteiger partial charge >= 0.3 is 0 Å². The lowest BCUT2D eigenvalue weighted by molar-refractivity contribution is -0.123. The van der Waals surface area contributed by atoms with Gasteiger partial charge < -0.3 is 14.8 Å². The zero-order chi connectivity index (χ0) is 14.3. The Bertz CT molecular complexity index is 418. The maximum Gasteiger partial charge on any atom is 0.221 e. The van der Waals surface area contributed by atoms with Crippen molar-refractivity contribution in [2.45, 2.75) is 40.2 Å². The maximum atomic E-state index is 11.2. The van der Waals surface area contributed by atoms with Crippen LogP contribution >= 0.6 is 0 Å². The van der Waals surface area contributed by atoms with Crippen LogP contribution in [0.15, 0.2) is 18.2 Å². The van der Waals surface area contributed by atoms with E-state index in [1.54, 1.807) is 0 Å². The largest absolute Gasteiger partial charge is 0.493 e. The van der Waals surface area contributed by atoms with Gasteiger partial charge in [0.25, 0.3) is 0 Å². The summed E-state index contributed by atoms with van der Waals surface area (Å²) in [6.07, 6.45) is 0.339. The van der Waals surface area contributed by atoms with Gasteiger partial charge in [-0.3, -0.25) is 4.79 Å². The second-order valence-corrected chi connectivity index (χ2v) is 4.33. The molecule has 0 spiro atoms. The Labute approximate surface area is 115 Å². The van der Waals surface area contributed by atoms with Crippen molar-refractivity contribution in [2.24, 2.45) is 0 Å². The summed E-state index contributed by atoms with van der Waals surface area (Å²) >= 11 is 0. The number of benzene rings is 1. The van der Waals surface area contributed by atoms with Crippen molar-refractivity contribution in [1.82, 2.24) is 5.32 Å². The van der Waals surface area contributed by atoms with Crippen LogP contribution in [0.4, 0.5) is 0 Å². The first-order chi connectivity index (χ1) is 9.10. The standard InChI is InChI=1S/C15H23NO3/c1-5-14(17)16-10-19-12(4)15-11(3)8-7-9-13(15)18-6-2/h7-9,12H,5-6,10H2,1-4H3,(H,16,17). The van der Waals surface area contributed by atoms with Gasteiger partial charge in [-0.1, -0.05) is 19.1 Å². The molecule has 0 aliphatic rings. The Kier molecular flexibility index (Phi) is 6.36. The van der Waals surface area contributed by atoms with E-state index < -0.39 is 0 Å². The van der Waals surface area contributed by atoms with Crippen molar-refractivity contribution >= 4 is 5.91 Å². The predicted molar refractivity (Wildman–Crippen MR) is 75.1 cm³/mol. The lowest BCUT2D eigenvalue weighted by Gasteiger charge is -2.19. The number of nitrogens with one attached hydrogen (secondary N) is 1. The number of rotatable bonds is 7. The fraction of sp³-hybridized carbons (Fsp3) is 0.533. The lowest BCUT2D eigenvalue weighted by Crippen LogP contribution is -2.26. The molecule has 4 heteroatoms. The van der Waals surface area contributed by atoms with Crippen LogP contribution in [-0.4, -0.2) is 19.2 Å². The SMILES string of the molecule is CCOc1cccc(C)c1C(C)OCNC(=O)CC. The molecular formula is C15H23NO3. The van der Waals surface area contributed by atoms with Crippen LogP contribution in [0.2, 0.25) is 0 Å². The van der Waals surface area contributed by atoms with E-state index in [-0.39, 0.29) is 18.7 Å². The van der Waals surface area contributed by atoms with Crippen LogP contribution in [0, 0.1) is 6.92 Å². The summed E-state index contributed by atoms with van der Waals surface area (Å²) in [5.41, 5.74) is 2.16. The molecule has 0 aliphatic heterocycles. The molecule has 0 aromatic heterocycles. The molecule has 0 saturated carbocycles. The molecule has 1 N–H and O–H groups in total. The van der Waals surface area contributed by atoms with E-state index in [1.165, 1.54) is 0 Å². The van der Waals surface area contributed by atoms with Crippen molar-refractivity contribution < 1.29 is 14.3 Å². The number of carbonyl (C=O) groups excluding carboxylic acids is 1. The average Bonchev–Trinajstić information content (AvgIpc) is 2.38. The Morgan fingerprint density at radius 1 is 1.37 bits per heavy atom. The molecule has 1 rings (SSSR count). The van der Waals surface area contributed by atoms with Gasteiger partial charge in [-0.25, -0.2) is 0 Å². The Hall–Kier alpha value is -1.55. The molecule has 1 unspecified atom stereocenters. The first-order valence-corrected chi connectivity index (χ1v) is 6.70. The second kappa shape index (κ2) is 7.79. The highest BCUT2D eigenvalue weighted by atomic mass is 16.5. The fourth-order valence-electron chi connectivity index (χ4n) is 1.91. The molecule has 1 aromatic rings. The van der Waals surface area contributed by atoms with Gasteiger partial charge in [-0.15, -0.1) is 0 Å². The minimum atomic E-state index is -0.125. The molecule has 1 aromatic carbocycles. The molecular weight excluding hydrogens is 242 g/mol. The van der Waals surface area contributed by atoms with Crippen LogP contribution in [0.3, 0.4) is 0 Å². The van der Waals surface area contributed by atoms with E-state index in [2.05, 4.69) is 5.32 Å². The number of hydrogen-bond acceptors (Lipinski definition) is 3.